The summed E-state index contributed by atoms with van der Waals surface area (Å²) in [6.45, 7) is 8.33. The van der Waals surface area contributed by atoms with Gasteiger partial charge in [0.2, 0.25) is 8.32 Å². The van der Waals surface area contributed by atoms with Crippen LogP contribution >= 0.6 is 0 Å². The van der Waals surface area contributed by atoms with Gasteiger partial charge in [0.15, 0.2) is 5.90 Å². The molecule has 0 spiro atoms. The summed E-state index contributed by atoms with van der Waals surface area (Å²) in [4.78, 5) is 0. The Kier molecular flexibility index (Phi) is 3.86. The maximum Gasteiger partial charge on any atom is 0.243 e. The molecular weight excluding hydrogens is 192 g/mol. The van der Waals surface area contributed by atoms with Gasteiger partial charge in [0, 0.05) is 12.6 Å². The van der Waals surface area contributed by atoms with E-state index in [2.05, 4.69) is 29.8 Å². The van der Waals surface area contributed by atoms with Gasteiger partial charge in [-0.25, -0.2) is 0 Å². The van der Waals surface area contributed by atoms with Crippen molar-refractivity contribution in [2.75, 3.05) is 0 Å². The molecule has 1 aliphatic rings. The second-order valence-corrected chi connectivity index (χ2v) is 9.14. The second kappa shape index (κ2) is 4.73. The van der Waals surface area contributed by atoms with Gasteiger partial charge >= 0.3 is 0 Å². The first-order valence-corrected chi connectivity index (χ1v) is 8.67. The van der Waals surface area contributed by atoms with E-state index < -0.39 is 8.32 Å². The zero-order chi connectivity index (χ0) is 10.6. The molecule has 14 heavy (non-hydrogen) atoms. The lowest BCUT2D eigenvalue weighted by Crippen LogP contribution is -2.27. The average molecular weight is 212 g/mol. The summed E-state index contributed by atoms with van der Waals surface area (Å²) < 4.78 is 5.68. The summed E-state index contributed by atoms with van der Waals surface area (Å²) in [5, 5.41) is 8.32. The maximum atomic E-state index is 5.68. The third-order valence-corrected chi connectivity index (χ3v) is 2.87. The van der Waals surface area contributed by atoms with Crippen LogP contribution in [0.3, 0.4) is 0 Å². The van der Waals surface area contributed by atoms with E-state index in [1.165, 1.54) is 18.6 Å². The highest BCUT2D eigenvalue weighted by Crippen LogP contribution is 2.14. The summed E-state index contributed by atoms with van der Waals surface area (Å²) in [7, 11) is -1.50. The third kappa shape index (κ3) is 4.55. The highest BCUT2D eigenvalue weighted by molar-refractivity contribution is 6.71. The zero-order valence-corrected chi connectivity index (χ0v) is 10.6. The Morgan fingerprint density at radius 1 is 1.21 bits per heavy atom. The molecule has 0 amide bonds. The molecule has 0 aromatic rings. The zero-order valence-electron chi connectivity index (χ0n) is 9.63. The van der Waals surface area contributed by atoms with Crippen LogP contribution in [0.1, 0.15) is 32.6 Å². The summed E-state index contributed by atoms with van der Waals surface area (Å²) in [6.07, 6.45) is 4.76. The fourth-order valence-electron chi connectivity index (χ4n) is 1.49. The Morgan fingerprint density at radius 3 is 2.29 bits per heavy atom. The molecule has 1 rings (SSSR count). The van der Waals surface area contributed by atoms with Gasteiger partial charge in [-0.1, -0.05) is 0 Å². The van der Waals surface area contributed by atoms with Crippen LogP contribution in [0, 0.1) is 0 Å². The van der Waals surface area contributed by atoms with E-state index >= 15 is 0 Å². The van der Waals surface area contributed by atoms with Crippen LogP contribution in [0.15, 0.2) is 10.2 Å². The molecule has 0 aromatic carbocycles. The van der Waals surface area contributed by atoms with Crippen LogP contribution in [0.5, 0.6) is 0 Å². The molecule has 1 fully saturated rings. The van der Waals surface area contributed by atoms with Gasteiger partial charge < -0.3 is 4.43 Å². The smallest absolute Gasteiger partial charge is 0.243 e. The van der Waals surface area contributed by atoms with Crippen LogP contribution in [0.25, 0.3) is 0 Å². The lowest BCUT2D eigenvalue weighted by atomic mass is 10.3. The monoisotopic (exact) mass is 212 g/mol. The van der Waals surface area contributed by atoms with E-state index in [1.807, 2.05) is 6.92 Å². The summed E-state index contributed by atoms with van der Waals surface area (Å²) in [5.74, 6) is 0.712. The number of hydrogen-bond acceptors (Lipinski definition) is 3. The SMILES string of the molecule is C/C(=N\N=C1CCCC1)O[Si](C)(C)C. The Morgan fingerprint density at radius 2 is 1.79 bits per heavy atom. The van der Waals surface area contributed by atoms with Gasteiger partial charge in [0.25, 0.3) is 0 Å². The summed E-state index contributed by atoms with van der Waals surface area (Å²) in [5.41, 5.74) is 1.23. The van der Waals surface area contributed by atoms with E-state index in [4.69, 9.17) is 4.43 Å². The standard InChI is InChI=1S/C10H20N2OSi/c1-9(13-14(2,3)4)11-12-10-7-5-6-8-10/h5-8H2,1-4H3/b11-9+. The first-order valence-electron chi connectivity index (χ1n) is 5.26. The third-order valence-electron chi connectivity index (χ3n) is 1.97. The minimum atomic E-state index is -1.50. The maximum absolute atomic E-state index is 5.68. The fourth-order valence-corrected chi connectivity index (χ4v) is 2.41. The molecule has 0 N–H and O–H groups in total. The molecule has 0 atom stereocenters. The Bertz CT molecular complexity index is 245. The van der Waals surface area contributed by atoms with Gasteiger partial charge in [0.1, 0.15) is 0 Å². The summed E-state index contributed by atoms with van der Waals surface area (Å²) in [6, 6.07) is 0. The van der Waals surface area contributed by atoms with E-state index in [-0.39, 0.29) is 0 Å². The van der Waals surface area contributed by atoms with Gasteiger partial charge in [-0.05, 0) is 45.3 Å². The molecule has 1 aliphatic carbocycles. The molecule has 80 valence electrons. The van der Waals surface area contributed by atoms with Gasteiger partial charge in [-0.3, -0.25) is 0 Å². The molecule has 0 heterocycles. The Hall–Kier alpha value is -0.643. The first-order chi connectivity index (χ1) is 6.47. The fraction of sp³-hybridized carbons (Fsp3) is 0.800. The molecule has 4 heteroatoms. The number of nitrogens with zero attached hydrogens (tertiary/aromatic N) is 2. The topological polar surface area (TPSA) is 34.0 Å². The minimum absolute atomic E-state index is 0.712. The predicted octanol–water partition coefficient (Wildman–Crippen LogP) is 3.19. The number of rotatable bonds is 2. The quantitative estimate of drug-likeness (QED) is 0.299. The summed E-state index contributed by atoms with van der Waals surface area (Å²) >= 11 is 0. The largest absolute Gasteiger partial charge is 0.534 e. The molecular formula is C10H20N2OSi. The van der Waals surface area contributed by atoms with Crippen molar-refractivity contribution in [3.8, 4) is 0 Å². The van der Waals surface area contributed by atoms with E-state index in [0.29, 0.717) is 5.90 Å². The van der Waals surface area contributed by atoms with Gasteiger partial charge in [0.05, 0.1) is 0 Å². The highest BCUT2D eigenvalue weighted by Gasteiger charge is 2.16. The molecule has 0 aromatic heterocycles. The Balaban J connectivity index is 2.47. The second-order valence-electron chi connectivity index (χ2n) is 4.71. The normalized spacial score (nSPS) is 18.6. The predicted molar refractivity (Wildman–Crippen MR) is 63.4 cm³/mol. The van der Waals surface area contributed by atoms with Crippen molar-refractivity contribution in [2.24, 2.45) is 10.2 Å². The van der Waals surface area contributed by atoms with Crippen molar-refractivity contribution in [1.29, 1.82) is 0 Å². The Labute approximate surface area is 87.4 Å². The lowest BCUT2D eigenvalue weighted by molar-refractivity contribution is 0.544. The molecule has 0 aliphatic heterocycles. The average Bonchev–Trinajstić information content (AvgIpc) is 2.49. The van der Waals surface area contributed by atoms with Crippen LogP contribution < -0.4 is 0 Å². The molecule has 0 saturated heterocycles. The molecule has 0 unspecified atom stereocenters. The van der Waals surface area contributed by atoms with Crippen LogP contribution in [-0.2, 0) is 4.43 Å². The molecule has 1 saturated carbocycles. The minimum Gasteiger partial charge on any atom is -0.534 e. The first kappa shape index (κ1) is 11.4. The van der Waals surface area contributed by atoms with E-state index in [9.17, 15) is 0 Å². The van der Waals surface area contributed by atoms with Crippen molar-refractivity contribution in [3.63, 3.8) is 0 Å². The van der Waals surface area contributed by atoms with Crippen LogP contribution in [0.2, 0.25) is 19.6 Å². The lowest BCUT2D eigenvalue weighted by Gasteiger charge is -2.17. The van der Waals surface area contributed by atoms with E-state index in [1.54, 1.807) is 0 Å². The van der Waals surface area contributed by atoms with E-state index in [0.717, 1.165) is 12.8 Å². The van der Waals surface area contributed by atoms with Crippen LogP contribution in [-0.4, -0.2) is 19.9 Å². The van der Waals surface area contributed by atoms with Gasteiger partial charge in [-0.2, -0.15) is 5.10 Å². The molecule has 3 nitrogen and oxygen atoms in total. The van der Waals surface area contributed by atoms with Crippen molar-refractivity contribution in [3.05, 3.63) is 0 Å². The van der Waals surface area contributed by atoms with Crippen molar-refractivity contribution in [1.82, 2.24) is 0 Å². The van der Waals surface area contributed by atoms with Crippen molar-refractivity contribution < 1.29 is 4.43 Å². The number of hydrogen-bond donors (Lipinski definition) is 0. The van der Waals surface area contributed by atoms with Crippen molar-refractivity contribution in [2.45, 2.75) is 52.2 Å². The highest BCUT2D eigenvalue weighted by atomic mass is 28.4. The van der Waals surface area contributed by atoms with Gasteiger partial charge in [-0.15, -0.1) is 5.10 Å². The molecule has 0 bridgehead atoms. The van der Waals surface area contributed by atoms with Crippen LogP contribution in [0.4, 0.5) is 0 Å². The molecule has 0 radical (unpaired) electrons. The van der Waals surface area contributed by atoms with Crippen molar-refractivity contribution >= 4 is 19.9 Å².